The molecule has 32 heavy (non-hydrogen) atoms. The number of hydrogen-bond acceptors (Lipinski definition) is 5. The standard InChI is InChI=1S/C22H21Cl2N7O/c1-2-25-22(32)30-11-9-29(10-12-30)21-26-18-13-14(23)7-8-16(18)20-28-27-19(31(20)21)15-5-3-4-6-17(15)24/h3-8,13H,2,9-12H2,1H3,(H,25,32). The maximum absolute atomic E-state index is 12.2. The minimum atomic E-state index is -0.0448. The molecule has 0 aliphatic carbocycles. The predicted molar refractivity (Wildman–Crippen MR) is 127 cm³/mol. The molecule has 2 aromatic carbocycles. The fraction of sp³-hybridized carbons (Fsp3) is 0.273. The number of nitrogens with zero attached hydrogens (tertiary/aromatic N) is 6. The maximum Gasteiger partial charge on any atom is 0.317 e. The van der Waals surface area contributed by atoms with Crippen LogP contribution in [0.4, 0.5) is 10.7 Å². The maximum atomic E-state index is 12.2. The van der Waals surface area contributed by atoms with Crippen LogP contribution in [0.5, 0.6) is 0 Å². The van der Waals surface area contributed by atoms with E-state index in [0.717, 1.165) is 16.5 Å². The number of hydrogen-bond donors (Lipinski definition) is 1. The summed E-state index contributed by atoms with van der Waals surface area (Å²) in [5, 5.41) is 13.9. The van der Waals surface area contributed by atoms with Gasteiger partial charge in [-0.1, -0.05) is 35.3 Å². The zero-order chi connectivity index (χ0) is 22.2. The Labute approximate surface area is 194 Å². The molecule has 2 aromatic heterocycles. The summed E-state index contributed by atoms with van der Waals surface area (Å²) in [6, 6.07) is 13.1. The highest BCUT2D eigenvalue weighted by Crippen LogP contribution is 2.32. The fourth-order valence-corrected chi connectivity index (χ4v) is 4.38. The molecular weight excluding hydrogens is 449 g/mol. The monoisotopic (exact) mass is 469 g/mol. The van der Waals surface area contributed by atoms with Gasteiger partial charge in [-0.25, -0.2) is 14.2 Å². The molecule has 0 atom stereocenters. The van der Waals surface area contributed by atoms with E-state index < -0.39 is 0 Å². The van der Waals surface area contributed by atoms with E-state index >= 15 is 0 Å². The molecule has 164 valence electrons. The van der Waals surface area contributed by atoms with Crippen molar-refractivity contribution in [3.05, 3.63) is 52.5 Å². The fourth-order valence-electron chi connectivity index (χ4n) is 3.99. The van der Waals surface area contributed by atoms with Gasteiger partial charge in [0.2, 0.25) is 5.95 Å². The van der Waals surface area contributed by atoms with Crippen molar-refractivity contribution in [2.45, 2.75) is 6.92 Å². The Kier molecular flexibility index (Phi) is 5.48. The van der Waals surface area contributed by atoms with Gasteiger partial charge in [-0.2, -0.15) is 0 Å². The summed E-state index contributed by atoms with van der Waals surface area (Å²) in [5.74, 6) is 1.32. The Morgan fingerprint density at radius 2 is 1.84 bits per heavy atom. The van der Waals surface area contributed by atoms with Crippen molar-refractivity contribution in [3.8, 4) is 11.4 Å². The van der Waals surface area contributed by atoms with Crippen LogP contribution in [-0.4, -0.2) is 63.2 Å². The van der Waals surface area contributed by atoms with Gasteiger partial charge in [0.05, 0.1) is 10.5 Å². The highest BCUT2D eigenvalue weighted by atomic mass is 35.5. The van der Waals surface area contributed by atoms with Crippen molar-refractivity contribution in [1.82, 2.24) is 29.8 Å². The summed E-state index contributed by atoms with van der Waals surface area (Å²) >= 11 is 12.7. The molecule has 1 aliphatic rings. The van der Waals surface area contributed by atoms with Crippen LogP contribution < -0.4 is 10.2 Å². The molecule has 5 rings (SSSR count). The molecule has 1 aliphatic heterocycles. The van der Waals surface area contributed by atoms with Crippen LogP contribution in [0.2, 0.25) is 10.0 Å². The quantitative estimate of drug-likeness (QED) is 0.488. The predicted octanol–water partition coefficient (Wildman–Crippen LogP) is 4.10. The molecule has 0 unspecified atom stereocenters. The SMILES string of the molecule is CCNC(=O)N1CCN(c2nc3cc(Cl)ccc3c3nnc(-c4ccccc4Cl)n23)CC1. The third-order valence-corrected chi connectivity index (χ3v) is 6.14. The molecule has 3 heterocycles. The minimum absolute atomic E-state index is 0.0448. The first-order valence-corrected chi connectivity index (χ1v) is 11.2. The highest BCUT2D eigenvalue weighted by molar-refractivity contribution is 6.33. The number of rotatable bonds is 3. The van der Waals surface area contributed by atoms with Gasteiger partial charge in [-0.15, -0.1) is 10.2 Å². The van der Waals surface area contributed by atoms with Crippen molar-refractivity contribution in [2.24, 2.45) is 0 Å². The number of nitrogens with one attached hydrogen (secondary N) is 1. The van der Waals surface area contributed by atoms with Crippen molar-refractivity contribution < 1.29 is 4.79 Å². The van der Waals surface area contributed by atoms with E-state index in [1.807, 2.05) is 58.7 Å². The first-order chi connectivity index (χ1) is 15.6. The van der Waals surface area contributed by atoms with Gasteiger partial charge in [0.15, 0.2) is 11.5 Å². The minimum Gasteiger partial charge on any atom is -0.338 e. The molecule has 0 saturated carbocycles. The number of amides is 2. The van der Waals surface area contributed by atoms with E-state index in [4.69, 9.17) is 28.2 Å². The summed E-state index contributed by atoms with van der Waals surface area (Å²) in [7, 11) is 0. The summed E-state index contributed by atoms with van der Waals surface area (Å²) in [4.78, 5) is 21.1. The lowest BCUT2D eigenvalue weighted by atomic mass is 10.2. The van der Waals surface area contributed by atoms with Gasteiger partial charge in [0.25, 0.3) is 0 Å². The van der Waals surface area contributed by atoms with E-state index in [1.165, 1.54) is 0 Å². The molecule has 8 nitrogen and oxygen atoms in total. The van der Waals surface area contributed by atoms with Crippen LogP contribution in [0, 0.1) is 0 Å². The molecule has 0 radical (unpaired) electrons. The molecule has 4 aromatic rings. The van der Waals surface area contributed by atoms with Crippen molar-refractivity contribution in [2.75, 3.05) is 37.6 Å². The Bertz CT molecular complexity index is 1310. The van der Waals surface area contributed by atoms with E-state index in [1.54, 1.807) is 0 Å². The van der Waals surface area contributed by atoms with Crippen LogP contribution in [0.15, 0.2) is 42.5 Å². The van der Waals surface area contributed by atoms with Crippen LogP contribution in [-0.2, 0) is 0 Å². The van der Waals surface area contributed by atoms with Crippen LogP contribution in [0.1, 0.15) is 6.92 Å². The number of fused-ring (bicyclic) bond motifs is 3. The van der Waals surface area contributed by atoms with E-state index in [0.29, 0.717) is 60.2 Å². The number of carbonyl (C=O) groups is 1. The van der Waals surface area contributed by atoms with Crippen molar-refractivity contribution >= 4 is 51.7 Å². The smallest absolute Gasteiger partial charge is 0.317 e. The zero-order valence-corrected chi connectivity index (χ0v) is 18.9. The van der Waals surface area contributed by atoms with Crippen LogP contribution in [0.3, 0.4) is 0 Å². The lowest BCUT2D eigenvalue weighted by Crippen LogP contribution is -2.52. The number of carbonyl (C=O) groups excluding carboxylic acids is 1. The van der Waals surface area contributed by atoms with Crippen LogP contribution in [0.25, 0.3) is 27.9 Å². The third kappa shape index (κ3) is 3.59. The number of halogens is 2. The Hall–Kier alpha value is -3.10. The second-order valence-electron chi connectivity index (χ2n) is 7.55. The Balaban J connectivity index is 1.64. The average molecular weight is 470 g/mol. The molecule has 1 fully saturated rings. The molecule has 1 saturated heterocycles. The number of anilines is 1. The first-order valence-electron chi connectivity index (χ1n) is 10.4. The van der Waals surface area contributed by atoms with E-state index in [9.17, 15) is 4.79 Å². The third-order valence-electron chi connectivity index (χ3n) is 5.58. The zero-order valence-electron chi connectivity index (χ0n) is 17.4. The lowest BCUT2D eigenvalue weighted by molar-refractivity contribution is 0.194. The number of aromatic nitrogens is 4. The van der Waals surface area contributed by atoms with E-state index in [-0.39, 0.29) is 6.03 Å². The molecule has 1 N–H and O–H groups in total. The molecule has 0 spiro atoms. The second kappa shape index (κ2) is 8.44. The molecule has 2 amide bonds. The van der Waals surface area contributed by atoms with Gasteiger partial charge in [-0.05, 0) is 37.3 Å². The van der Waals surface area contributed by atoms with Crippen LogP contribution >= 0.6 is 23.2 Å². The number of benzene rings is 2. The highest BCUT2D eigenvalue weighted by Gasteiger charge is 2.26. The number of urea groups is 1. The topological polar surface area (TPSA) is 78.7 Å². The van der Waals surface area contributed by atoms with Crippen molar-refractivity contribution in [3.63, 3.8) is 0 Å². The average Bonchev–Trinajstić information content (AvgIpc) is 3.24. The van der Waals surface area contributed by atoms with Gasteiger partial charge in [0.1, 0.15) is 0 Å². The van der Waals surface area contributed by atoms with Crippen molar-refractivity contribution in [1.29, 1.82) is 0 Å². The normalized spacial score (nSPS) is 14.3. The summed E-state index contributed by atoms with van der Waals surface area (Å²) in [5.41, 5.74) is 2.20. The van der Waals surface area contributed by atoms with Gasteiger partial charge in [-0.3, -0.25) is 0 Å². The Morgan fingerprint density at radius 1 is 1.06 bits per heavy atom. The van der Waals surface area contributed by atoms with Gasteiger partial charge < -0.3 is 15.1 Å². The van der Waals surface area contributed by atoms with Gasteiger partial charge >= 0.3 is 6.03 Å². The Morgan fingerprint density at radius 3 is 2.59 bits per heavy atom. The largest absolute Gasteiger partial charge is 0.338 e. The molecular formula is C22H21Cl2N7O. The molecule has 10 heteroatoms. The lowest BCUT2D eigenvalue weighted by Gasteiger charge is -2.35. The molecule has 0 bridgehead atoms. The van der Waals surface area contributed by atoms with Gasteiger partial charge in [0, 0.05) is 48.7 Å². The summed E-state index contributed by atoms with van der Waals surface area (Å²) in [6.07, 6.45) is 0. The second-order valence-corrected chi connectivity index (χ2v) is 8.39. The first kappa shape index (κ1) is 20.8. The summed E-state index contributed by atoms with van der Waals surface area (Å²) in [6.45, 7) is 4.96. The van der Waals surface area contributed by atoms with E-state index in [2.05, 4.69) is 20.4 Å². The summed E-state index contributed by atoms with van der Waals surface area (Å²) < 4.78 is 1.94. The number of piperazine rings is 1.